The number of fused-ring (bicyclic) bond motifs is 1. The molecular weight excluding hydrogens is 344 g/mol. The van der Waals surface area contributed by atoms with Crippen molar-refractivity contribution in [3.05, 3.63) is 57.9 Å². The molecule has 0 atom stereocenters. The molecule has 120 valence electrons. The molecule has 0 aliphatic carbocycles. The van der Waals surface area contributed by atoms with Crippen LogP contribution in [0.2, 0.25) is 5.02 Å². The number of terminal acetylenes is 1. The van der Waals surface area contributed by atoms with E-state index in [1.54, 1.807) is 31.4 Å². The van der Waals surface area contributed by atoms with E-state index in [9.17, 15) is 4.79 Å². The fourth-order valence-electron chi connectivity index (χ4n) is 2.28. The lowest BCUT2D eigenvalue weighted by atomic mass is 10.2. The van der Waals surface area contributed by atoms with Gasteiger partial charge in [-0.1, -0.05) is 34.9 Å². The van der Waals surface area contributed by atoms with Crippen LogP contribution in [0, 0.1) is 12.3 Å². The van der Waals surface area contributed by atoms with Crippen LogP contribution in [0.5, 0.6) is 5.75 Å². The number of carbonyl (C=O) groups is 1. The van der Waals surface area contributed by atoms with Crippen molar-refractivity contribution in [2.45, 2.75) is 6.54 Å². The molecule has 6 heteroatoms. The molecule has 0 saturated heterocycles. The van der Waals surface area contributed by atoms with Gasteiger partial charge in [-0.05, 0) is 36.4 Å². The van der Waals surface area contributed by atoms with Gasteiger partial charge in [0.1, 0.15) is 5.75 Å². The zero-order valence-electron chi connectivity index (χ0n) is 12.8. The second-order valence-electron chi connectivity index (χ2n) is 4.94. The van der Waals surface area contributed by atoms with E-state index in [4.69, 9.17) is 22.8 Å². The number of thiazole rings is 1. The summed E-state index contributed by atoms with van der Waals surface area (Å²) in [4.78, 5) is 17.2. The first kappa shape index (κ1) is 16.3. The molecular formula is C18H13ClN2O2S. The number of amides is 1. The Hall–Kier alpha value is -2.55. The fraction of sp³-hybridized carbons (Fsp3) is 0.111. The molecule has 1 amide bonds. The lowest BCUT2D eigenvalue weighted by molar-refractivity contribution is 0.0998. The minimum absolute atomic E-state index is 0.327. The van der Waals surface area contributed by atoms with Gasteiger partial charge in [0.15, 0.2) is 4.80 Å². The first-order chi connectivity index (χ1) is 11.6. The van der Waals surface area contributed by atoms with E-state index < -0.39 is 0 Å². The second kappa shape index (κ2) is 6.91. The molecule has 0 aliphatic rings. The van der Waals surface area contributed by atoms with E-state index in [0.29, 0.717) is 21.9 Å². The predicted molar refractivity (Wildman–Crippen MR) is 96.5 cm³/mol. The molecule has 0 saturated carbocycles. The molecule has 4 nitrogen and oxygen atoms in total. The molecule has 1 aromatic heterocycles. The van der Waals surface area contributed by atoms with Crippen molar-refractivity contribution in [3.63, 3.8) is 0 Å². The average molecular weight is 357 g/mol. The zero-order chi connectivity index (χ0) is 17.1. The summed E-state index contributed by atoms with van der Waals surface area (Å²) in [6, 6.07) is 12.4. The second-order valence-corrected chi connectivity index (χ2v) is 6.38. The largest absolute Gasteiger partial charge is 0.497 e. The van der Waals surface area contributed by atoms with Gasteiger partial charge in [-0.15, -0.1) is 6.42 Å². The molecule has 0 spiro atoms. The number of hydrogen-bond donors (Lipinski definition) is 0. The van der Waals surface area contributed by atoms with Gasteiger partial charge in [-0.2, -0.15) is 4.99 Å². The van der Waals surface area contributed by atoms with E-state index in [-0.39, 0.29) is 5.91 Å². The van der Waals surface area contributed by atoms with Crippen LogP contribution in [0.25, 0.3) is 10.2 Å². The number of hydrogen-bond acceptors (Lipinski definition) is 3. The van der Waals surface area contributed by atoms with Crippen LogP contribution < -0.4 is 9.54 Å². The van der Waals surface area contributed by atoms with Crippen LogP contribution in [-0.2, 0) is 6.54 Å². The van der Waals surface area contributed by atoms with Crippen LogP contribution in [0.3, 0.4) is 0 Å². The first-order valence-corrected chi connectivity index (χ1v) is 8.27. The van der Waals surface area contributed by atoms with Crippen LogP contribution in [0.15, 0.2) is 47.5 Å². The van der Waals surface area contributed by atoms with E-state index in [0.717, 1.165) is 16.0 Å². The van der Waals surface area contributed by atoms with Crippen molar-refractivity contribution in [2.75, 3.05) is 7.11 Å². The van der Waals surface area contributed by atoms with Crippen molar-refractivity contribution in [2.24, 2.45) is 4.99 Å². The van der Waals surface area contributed by atoms with Gasteiger partial charge in [-0.25, -0.2) is 0 Å². The van der Waals surface area contributed by atoms with Crippen LogP contribution in [0.4, 0.5) is 0 Å². The summed E-state index contributed by atoms with van der Waals surface area (Å²) in [6.07, 6.45) is 5.46. The fourth-order valence-corrected chi connectivity index (χ4v) is 3.53. The predicted octanol–water partition coefficient (Wildman–Crippen LogP) is 3.74. The van der Waals surface area contributed by atoms with Crippen LogP contribution >= 0.6 is 22.9 Å². The number of nitrogens with zero attached hydrogens (tertiary/aromatic N) is 2. The first-order valence-electron chi connectivity index (χ1n) is 7.08. The van der Waals surface area contributed by atoms with E-state index in [2.05, 4.69) is 10.9 Å². The maximum absolute atomic E-state index is 12.4. The van der Waals surface area contributed by atoms with Gasteiger partial charge in [0.05, 0.1) is 23.9 Å². The summed E-state index contributed by atoms with van der Waals surface area (Å²) in [5.74, 6) is 2.98. The molecule has 3 rings (SSSR count). The maximum Gasteiger partial charge on any atom is 0.279 e. The highest BCUT2D eigenvalue weighted by molar-refractivity contribution is 7.16. The topological polar surface area (TPSA) is 43.6 Å². The maximum atomic E-state index is 12.4. The number of carbonyl (C=O) groups excluding carboxylic acids is 1. The minimum Gasteiger partial charge on any atom is -0.497 e. The van der Waals surface area contributed by atoms with E-state index in [1.807, 2.05) is 22.8 Å². The molecule has 3 aromatic rings. The van der Waals surface area contributed by atoms with E-state index in [1.165, 1.54) is 11.3 Å². The lowest BCUT2D eigenvalue weighted by Crippen LogP contribution is -2.16. The molecule has 2 aromatic carbocycles. The number of methoxy groups -OCH3 is 1. The third-order valence-corrected chi connectivity index (χ3v) is 4.68. The quantitative estimate of drug-likeness (QED) is 0.671. The van der Waals surface area contributed by atoms with Gasteiger partial charge < -0.3 is 9.30 Å². The lowest BCUT2D eigenvalue weighted by Gasteiger charge is -2.01. The molecule has 0 radical (unpaired) electrons. The Morgan fingerprint density at radius 1 is 1.38 bits per heavy atom. The van der Waals surface area contributed by atoms with Crippen LogP contribution in [-0.4, -0.2) is 17.6 Å². The Balaban J connectivity index is 2.15. The average Bonchev–Trinajstić information content (AvgIpc) is 2.91. The number of benzene rings is 2. The SMILES string of the molecule is C#CCn1c(=NC(=O)c2cccc(Cl)c2)sc2cc(OC)ccc21. The number of aromatic nitrogens is 1. The van der Waals surface area contributed by atoms with Crippen LogP contribution in [0.1, 0.15) is 10.4 Å². The highest BCUT2D eigenvalue weighted by Crippen LogP contribution is 2.23. The molecule has 0 unspecified atom stereocenters. The Bertz CT molecular complexity index is 1030. The summed E-state index contributed by atoms with van der Waals surface area (Å²) in [5, 5.41) is 0.494. The Morgan fingerprint density at radius 2 is 2.21 bits per heavy atom. The zero-order valence-corrected chi connectivity index (χ0v) is 14.4. The standard InChI is InChI=1S/C18H13ClN2O2S/c1-3-9-21-15-8-7-14(23-2)11-16(15)24-18(21)20-17(22)12-5-4-6-13(19)10-12/h1,4-8,10-11H,9H2,2H3. The Labute approximate surface area is 148 Å². The smallest absolute Gasteiger partial charge is 0.279 e. The Kier molecular flexibility index (Phi) is 4.70. The molecule has 0 aliphatic heterocycles. The van der Waals surface area contributed by atoms with Crippen molar-refractivity contribution in [1.29, 1.82) is 0 Å². The van der Waals surface area contributed by atoms with Gasteiger partial charge >= 0.3 is 0 Å². The highest BCUT2D eigenvalue weighted by Gasteiger charge is 2.10. The molecule has 1 heterocycles. The van der Waals surface area contributed by atoms with E-state index >= 15 is 0 Å². The summed E-state index contributed by atoms with van der Waals surface area (Å²) < 4.78 is 8.02. The highest BCUT2D eigenvalue weighted by atomic mass is 35.5. The van der Waals surface area contributed by atoms with Gasteiger partial charge in [-0.3, -0.25) is 4.79 Å². The molecule has 0 N–H and O–H groups in total. The molecule has 24 heavy (non-hydrogen) atoms. The van der Waals surface area contributed by atoms with Crippen molar-refractivity contribution < 1.29 is 9.53 Å². The normalized spacial score (nSPS) is 11.5. The molecule has 0 fully saturated rings. The van der Waals surface area contributed by atoms with Crippen molar-refractivity contribution >= 4 is 39.1 Å². The summed E-state index contributed by atoms with van der Waals surface area (Å²) in [5.41, 5.74) is 1.35. The van der Waals surface area contributed by atoms with Gasteiger partial charge in [0, 0.05) is 10.6 Å². The van der Waals surface area contributed by atoms with Gasteiger partial charge in [0.2, 0.25) is 0 Å². The summed E-state index contributed by atoms with van der Waals surface area (Å²) in [6.45, 7) is 0.327. The number of halogens is 1. The monoisotopic (exact) mass is 356 g/mol. The third-order valence-electron chi connectivity index (χ3n) is 3.41. The number of ether oxygens (including phenoxy) is 1. The number of rotatable bonds is 3. The summed E-state index contributed by atoms with van der Waals surface area (Å²) in [7, 11) is 1.61. The van der Waals surface area contributed by atoms with Crippen molar-refractivity contribution in [1.82, 2.24) is 4.57 Å². The van der Waals surface area contributed by atoms with Crippen molar-refractivity contribution in [3.8, 4) is 18.1 Å². The van der Waals surface area contributed by atoms with Gasteiger partial charge in [0.25, 0.3) is 5.91 Å². The Morgan fingerprint density at radius 3 is 2.92 bits per heavy atom. The third kappa shape index (κ3) is 3.21. The molecule has 0 bridgehead atoms. The minimum atomic E-state index is -0.359. The summed E-state index contributed by atoms with van der Waals surface area (Å²) >= 11 is 7.32.